The highest BCUT2D eigenvalue weighted by atomic mass is 35.5. The molecule has 1 aliphatic heterocycles. The van der Waals surface area contributed by atoms with Gasteiger partial charge in [0.25, 0.3) is 0 Å². The van der Waals surface area contributed by atoms with E-state index in [4.69, 9.17) is 11.6 Å². The Labute approximate surface area is 133 Å². The molecule has 1 saturated heterocycles. The second-order valence-electron chi connectivity index (χ2n) is 6.00. The quantitative estimate of drug-likeness (QED) is 0.783. The van der Waals surface area contributed by atoms with Gasteiger partial charge in [0.2, 0.25) is 10.0 Å². The molecule has 0 spiro atoms. The van der Waals surface area contributed by atoms with Crippen LogP contribution in [-0.2, 0) is 15.9 Å². The molecule has 2 rings (SSSR count). The average Bonchev–Trinajstić information content (AvgIpc) is 2.80. The van der Waals surface area contributed by atoms with E-state index in [1.165, 1.54) is 0 Å². The third kappa shape index (κ3) is 2.99. The monoisotopic (exact) mass is 329 g/mol. The molecule has 1 aliphatic rings. The molecule has 0 N–H and O–H groups in total. The van der Waals surface area contributed by atoms with Crippen LogP contribution in [0.3, 0.4) is 0 Å². The van der Waals surface area contributed by atoms with Crippen LogP contribution in [0.5, 0.6) is 0 Å². The summed E-state index contributed by atoms with van der Waals surface area (Å²) in [5.41, 5.74) is 2.74. The molecule has 0 bridgehead atoms. The zero-order chi connectivity index (χ0) is 15.8. The lowest BCUT2D eigenvalue weighted by Crippen LogP contribution is -2.39. The van der Waals surface area contributed by atoms with Crippen molar-refractivity contribution in [1.82, 2.24) is 4.31 Å². The van der Waals surface area contributed by atoms with Crippen molar-refractivity contribution in [2.75, 3.05) is 0 Å². The van der Waals surface area contributed by atoms with Gasteiger partial charge in [-0.25, -0.2) is 8.42 Å². The van der Waals surface area contributed by atoms with Crippen LogP contribution in [0.2, 0.25) is 0 Å². The molecule has 0 aliphatic carbocycles. The molecule has 1 aromatic carbocycles. The smallest absolute Gasteiger partial charge is 0.207 e. The highest BCUT2D eigenvalue weighted by molar-refractivity contribution is 7.89. The topological polar surface area (TPSA) is 37.4 Å². The normalized spacial score (nSPS) is 23.7. The average molecular weight is 330 g/mol. The molecule has 0 amide bonds. The van der Waals surface area contributed by atoms with E-state index in [2.05, 4.69) is 6.92 Å². The van der Waals surface area contributed by atoms with E-state index in [1.807, 2.05) is 26.8 Å². The summed E-state index contributed by atoms with van der Waals surface area (Å²) in [7, 11) is -3.45. The number of aryl methyl sites for hydroxylation is 2. The Morgan fingerprint density at radius 2 is 1.90 bits per heavy atom. The van der Waals surface area contributed by atoms with Crippen LogP contribution >= 0.6 is 11.6 Å². The van der Waals surface area contributed by atoms with Gasteiger partial charge >= 0.3 is 0 Å². The lowest BCUT2D eigenvalue weighted by molar-refractivity contribution is 0.328. The van der Waals surface area contributed by atoms with Crippen LogP contribution in [0.1, 0.15) is 49.8 Å². The molecule has 5 heteroatoms. The molecule has 2 unspecified atom stereocenters. The van der Waals surface area contributed by atoms with E-state index >= 15 is 0 Å². The number of hydrogen-bond acceptors (Lipinski definition) is 2. The van der Waals surface area contributed by atoms with Gasteiger partial charge in [0, 0.05) is 18.0 Å². The molecule has 2 atom stereocenters. The van der Waals surface area contributed by atoms with Crippen molar-refractivity contribution in [2.24, 2.45) is 0 Å². The number of halogens is 1. The Hall–Kier alpha value is -0.580. The fourth-order valence-electron chi connectivity index (χ4n) is 3.28. The maximum absolute atomic E-state index is 13.1. The molecule has 1 aromatic rings. The van der Waals surface area contributed by atoms with Crippen LogP contribution < -0.4 is 0 Å². The van der Waals surface area contributed by atoms with Gasteiger partial charge in [0.05, 0.1) is 4.90 Å². The largest absolute Gasteiger partial charge is 0.243 e. The minimum Gasteiger partial charge on any atom is -0.207 e. The molecular weight excluding hydrogens is 306 g/mol. The number of nitrogens with zero attached hydrogens (tertiary/aromatic N) is 1. The number of alkyl halides is 1. The Morgan fingerprint density at radius 3 is 2.48 bits per heavy atom. The molecule has 118 valence electrons. The Morgan fingerprint density at radius 1 is 1.24 bits per heavy atom. The van der Waals surface area contributed by atoms with Crippen molar-refractivity contribution in [3.63, 3.8) is 0 Å². The van der Waals surface area contributed by atoms with E-state index in [-0.39, 0.29) is 12.1 Å². The Bertz CT molecular complexity index is 627. The van der Waals surface area contributed by atoms with Crippen molar-refractivity contribution in [3.8, 4) is 0 Å². The van der Waals surface area contributed by atoms with Crippen molar-refractivity contribution in [2.45, 2.75) is 69.8 Å². The standard InChI is InChI=1S/C16H24ClNO2S/c1-5-15-7-6-13(4)18(15)21(19,20)16-9-14(10-17)11(2)8-12(16)3/h8-9,13,15H,5-7,10H2,1-4H3. The van der Waals surface area contributed by atoms with Gasteiger partial charge in [-0.15, -0.1) is 11.6 Å². The van der Waals surface area contributed by atoms with Crippen LogP contribution in [0.15, 0.2) is 17.0 Å². The lowest BCUT2D eigenvalue weighted by atomic mass is 10.1. The van der Waals surface area contributed by atoms with Crippen molar-refractivity contribution < 1.29 is 8.42 Å². The second kappa shape index (κ2) is 6.27. The zero-order valence-corrected chi connectivity index (χ0v) is 14.8. The van der Waals surface area contributed by atoms with Gasteiger partial charge in [-0.3, -0.25) is 0 Å². The van der Waals surface area contributed by atoms with Gasteiger partial charge < -0.3 is 0 Å². The van der Waals surface area contributed by atoms with Gasteiger partial charge in [0.1, 0.15) is 0 Å². The summed E-state index contributed by atoms with van der Waals surface area (Å²) in [6.45, 7) is 7.88. The van der Waals surface area contributed by atoms with Crippen molar-refractivity contribution in [1.29, 1.82) is 0 Å². The number of sulfonamides is 1. The summed E-state index contributed by atoms with van der Waals surface area (Å²) < 4.78 is 27.9. The molecule has 0 radical (unpaired) electrons. The van der Waals surface area contributed by atoms with Gasteiger partial charge in [-0.05, 0) is 62.8 Å². The van der Waals surface area contributed by atoms with Crippen LogP contribution in [0, 0.1) is 13.8 Å². The summed E-state index contributed by atoms with van der Waals surface area (Å²) in [4.78, 5) is 0.413. The Balaban J connectivity index is 2.54. The number of hydrogen-bond donors (Lipinski definition) is 0. The highest BCUT2D eigenvalue weighted by Gasteiger charge is 2.39. The zero-order valence-electron chi connectivity index (χ0n) is 13.2. The number of benzene rings is 1. The third-order valence-corrected chi connectivity index (χ3v) is 7.01. The first-order chi connectivity index (χ1) is 9.82. The molecule has 1 heterocycles. The van der Waals surface area contributed by atoms with E-state index in [0.717, 1.165) is 36.0 Å². The van der Waals surface area contributed by atoms with Crippen molar-refractivity contribution >= 4 is 21.6 Å². The first kappa shape index (κ1) is 16.8. The molecule has 3 nitrogen and oxygen atoms in total. The van der Waals surface area contributed by atoms with Gasteiger partial charge in [0.15, 0.2) is 0 Å². The molecule has 0 aromatic heterocycles. The second-order valence-corrected chi connectivity index (χ2v) is 8.08. The molecule has 21 heavy (non-hydrogen) atoms. The summed E-state index contributed by atoms with van der Waals surface area (Å²) >= 11 is 5.94. The van der Waals surface area contributed by atoms with Crippen LogP contribution in [0.4, 0.5) is 0 Å². The van der Waals surface area contributed by atoms with Gasteiger partial charge in [-0.2, -0.15) is 4.31 Å². The third-order valence-electron chi connectivity index (χ3n) is 4.52. The summed E-state index contributed by atoms with van der Waals surface area (Å²) in [5, 5.41) is 0. The maximum Gasteiger partial charge on any atom is 0.243 e. The Kier molecular flexibility index (Phi) is 5.01. The fraction of sp³-hybridized carbons (Fsp3) is 0.625. The first-order valence-corrected chi connectivity index (χ1v) is 9.50. The van der Waals surface area contributed by atoms with E-state index in [1.54, 1.807) is 10.4 Å². The first-order valence-electron chi connectivity index (χ1n) is 7.52. The van der Waals surface area contributed by atoms with E-state index in [0.29, 0.717) is 10.8 Å². The lowest BCUT2D eigenvalue weighted by Gasteiger charge is -2.28. The highest BCUT2D eigenvalue weighted by Crippen LogP contribution is 2.34. The summed E-state index contributed by atoms with van der Waals surface area (Å²) in [6.07, 6.45) is 2.74. The predicted molar refractivity (Wildman–Crippen MR) is 87.3 cm³/mol. The minimum atomic E-state index is -3.45. The predicted octanol–water partition coefficient (Wildman–Crippen LogP) is 3.99. The van der Waals surface area contributed by atoms with Gasteiger partial charge in [-0.1, -0.05) is 13.0 Å². The van der Waals surface area contributed by atoms with Crippen LogP contribution in [0.25, 0.3) is 0 Å². The summed E-state index contributed by atoms with van der Waals surface area (Å²) in [6, 6.07) is 3.86. The molecule has 1 fully saturated rings. The van der Waals surface area contributed by atoms with E-state index < -0.39 is 10.0 Å². The van der Waals surface area contributed by atoms with Crippen LogP contribution in [-0.4, -0.2) is 24.8 Å². The molecule has 0 saturated carbocycles. The molecular formula is C16H24ClNO2S. The minimum absolute atomic E-state index is 0.0695. The van der Waals surface area contributed by atoms with Crippen molar-refractivity contribution in [3.05, 3.63) is 28.8 Å². The SMILES string of the molecule is CCC1CCC(C)N1S(=O)(=O)c1cc(CCl)c(C)cc1C. The fourth-order valence-corrected chi connectivity index (χ4v) is 5.77. The van der Waals surface area contributed by atoms with E-state index in [9.17, 15) is 8.42 Å². The number of rotatable bonds is 4. The maximum atomic E-state index is 13.1. The summed E-state index contributed by atoms with van der Waals surface area (Å²) in [5.74, 6) is 0.335.